The summed E-state index contributed by atoms with van der Waals surface area (Å²) in [6.45, 7) is -0.0214. The third-order valence-corrected chi connectivity index (χ3v) is 4.83. The molecule has 3 N–H and O–H groups in total. The Morgan fingerprint density at radius 2 is 1.59 bits per heavy atom. The molecule has 1 aliphatic heterocycles. The summed E-state index contributed by atoms with van der Waals surface area (Å²) in [5, 5.41) is 7.53. The van der Waals surface area contributed by atoms with E-state index in [1.54, 1.807) is 60.7 Å². The molecule has 9 nitrogen and oxygen atoms in total. The van der Waals surface area contributed by atoms with E-state index in [4.69, 9.17) is 14.2 Å². The van der Waals surface area contributed by atoms with E-state index in [9.17, 15) is 14.4 Å². The quantitative estimate of drug-likeness (QED) is 0.498. The number of fused-ring (bicyclic) bond motifs is 1. The van der Waals surface area contributed by atoms with Crippen molar-refractivity contribution in [1.82, 2.24) is 10.6 Å². The summed E-state index contributed by atoms with van der Waals surface area (Å²) >= 11 is 0. The van der Waals surface area contributed by atoms with E-state index in [1.807, 2.05) is 18.2 Å². The van der Waals surface area contributed by atoms with Gasteiger partial charge >= 0.3 is 6.03 Å². The summed E-state index contributed by atoms with van der Waals surface area (Å²) in [5.41, 5.74) is 0.894. The van der Waals surface area contributed by atoms with Gasteiger partial charge in [-0.3, -0.25) is 14.9 Å². The highest BCUT2D eigenvalue weighted by atomic mass is 16.6. The van der Waals surface area contributed by atoms with Crippen molar-refractivity contribution in [2.45, 2.75) is 6.10 Å². The maximum absolute atomic E-state index is 12.6. The summed E-state index contributed by atoms with van der Waals surface area (Å²) in [4.78, 5) is 36.8. The zero-order valence-corrected chi connectivity index (χ0v) is 18.2. The van der Waals surface area contributed by atoms with Crippen LogP contribution in [0, 0.1) is 0 Å². The van der Waals surface area contributed by atoms with Gasteiger partial charge in [-0.2, -0.15) is 0 Å². The number of urea groups is 1. The minimum Gasteiger partial charge on any atom is -0.486 e. The van der Waals surface area contributed by atoms with E-state index >= 15 is 0 Å². The Labute approximate surface area is 196 Å². The lowest BCUT2D eigenvalue weighted by Gasteiger charge is -2.26. The van der Waals surface area contributed by atoms with Crippen LogP contribution in [0.2, 0.25) is 0 Å². The summed E-state index contributed by atoms with van der Waals surface area (Å²) < 4.78 is 16.8. The van der Waals surface area contributed by atoms with Gasteiger partial charge in [0.15, 0.2) is 24.2 Å². The molecular formula is C25H23N3O6. The molecule has 4 rings (SSSR count). The number of rotatable bonds is 7. The predicted molar refractivity (Wildman–Crippen MR) is 124 cm³/mol. The second kappa shape index (κ2) is 10.9. The average molecular weight is 461 g/mol. The van der Waals surface area contributed by atoms with Crippen LogP contribution >= 0.6 is 0 Å². The Hall–Kier alpha value is -4.53. The summed E-state index contributed by atoms with van der Waals surface area (Å²) in [5.74, 6) is 0.421. The summed E-state index contributed by atoms with van der Waals surface area (Å²) in [6.07, 6.45) is -0.387. The lowest BCUT2D eigenvalue weighted by molar-refractivity contribution is -0.122. The predicted octanol–water partition coefficient (Wildman–Crippen LogP) is 2.98. The normalized spacial score (nSPS) is 13.9. The number of nitrogens with one attached hydrogen (secondary N) is 3. The molecule has 0 spiro atoms. The lowest BCUT2D eigenvalue weighted by atomic mass is 10.2. The molecule has 3 aromatic carbocycles. The molecule has 0 radical (unpaired) electrons. The highest BCUT2D eigenvalue weighted by Gasteiger charge is 2.21. The van der Waals surface area contributed by atoms with E-state index in [0.717, 1.165) is 0 Å². The van der Waals surface area contributed by atoms with Crippen LogP contribution in [-0.4, -0.2) is 43.7 Å². The molecule has 1 atom stereocenters. The largest absolute Gasteiger partial charge is 0.486 e. The zero-order valence-electron chi connectivity index (χ0n) is 18.2. The first kappa shape index (κ1) is 22.7. The van der Waals surface area contributed by atoms with E-state index in [2.05, 4.69) is 16.0 Å². The maximum atomic E-state index is 12.6. The van der Waals surface area contributed by atoms with Gasteiger partial charge in [-0.1, -0.05) is 42.5 Å². The third kappa shape index (κ3) is 6.04. The van der Waals surface area contributed by atoms with Crippen LogP contribution in [0.1, 0.15) is 10.4 Å². The van der Waals surface area contributed by atoms with Gasteiger partial charge < -0.3 is 24.8 Å². The number of imide groups is 1. The Kier molecular flexibility index (Phi) is 7.24. The number of benzene rings is 3. The molecule has 0 saturated heterocycles. The first-order chi connectivity index (χ1) is 16.6. The SMILES string of the molecule is O=C(COc1ccccc1C(=O)Nc1ccccc1)NC(=O)NC[C@@H]1COc2ccccc2O1. The van der Waals surface area contributed by atoms with Gasteiger partial charge in [0, 0.05) is 5.69 Å². The Balaban J connectivity index is 1.23. The van der Waals surface area contributed by atoms with Crippen LogP contribution in [0.25, 0.3) is 0 Å². The Bertz CT molecular complexity index is 1170. The van der Waals surface area contributed by atoms with Crippen LogP contribution in [0.5, 0.6) is 17.2 Å². The number of carbonyl (C=O) groups excluding carboxylic acids is 3. The van der Waals surface area contributed by atoms with Crippen molar-refractivity contribution in [2.24, 2.45) is 0 Å². The monoisotopic (exact) mass is 461 g/mol. The highest BCUT2D eigenvalue weighted by Crippen LogP contribution is 2.30. The van der Waals surface area contributed by atoms with Crippen molar-refractivity contribution < 1.29 is 28.6 Å². The van der Waals surface area contributed by atoms with Crippen molar-refractivity contribution in [3.8, 4) is 17.2 Å². The first-order valence-corrected chi connectivity index (χ1v) is 10.6. The summed E-state index contributed by atoms with van der Waals surface area (Å²) in [6, 6.07) is 22.1. The molecule has 0 fully saturated rings. The molecule has 9 heteroatoms. The van der Waals surface area contributed by atoms with E-state index in [-0.39, 0.29) is 36.5 Å². The minimum absolute atomic E-state index is 0.150. The van der Waals surface area contributed by atoms with Crippen LogP contribution in [-0.2, 0) is 4.79 Å². The number of amides is 4. The Morgan fingerprint density at radius 1 is 0.882 bits per heavy atom. The van der Waals surface area contributed by atoms with Crippen LogP contribution in [0.4, 0.5) is 10.5 Å². The van der Waals surface area contributed by atoms with Crippen molar-refractivity contribution >= 4 is 23.5 Å². The van der Waals surface area contributed by atoms with Gasteiger partial charge in [-0.05, 0) is 36.4 Å². The van der Waals surface area contributed by atoms with Gasteiger partial charge in [0.25, 0.3) is 11.8 Å². The number of hydrogen-bond donors (Lipinski definition) is 3. The molecular weight excluding hydrogens is 438 g/mol. The number of ether oxygens (including phenoxy) is 3. The number of para-hydroxylation sites is 4. The maximum Gasteiger partial charge on any atom is 0.321 e. The van der Waals surface area contributed by atoms with Crippen LogP contribution in [0.15, 0.2) is 78.9 Å². The van der Waals surface area contributed by atoms with Crippen molar-refractivity contribution in [3.05, 3.63) is 84.4 Å². The molecule has 34 heavy (non-hydrogen) atoms. The number of anilines is 1. The fourth-order valence-electron chi connectivity index (χ4n) is 3.22. The fraction of sp³-hybridized carbons (Fsp3) is 0.160. The molecule has 3 aromatic rings. The molecule has 0 aromatic heterocycles. The molecule has 0 unspecified atom stereocenters. The van der Waals surface area contributed by atoms with Gasteiger partial charge in [0.2, 0.25) is 0 Å². The Morgan fingerprint density at radius 3 is 2.41 bits per heavy atom. The molecule has 174 valence electrons. The minimum atomic E-state index is -0.689. The van der Waals surface area contributed by atoms with Gasteiger partial charge in [-0.15, -0.1) is 0 Å². The lowest BCUT2D eigenvalue weighted by Crippen LogP contribution is -2.47. The highest BCUT2D eigenvalue weighted by molar-refractivity contribution is 6.06. The van der Waals surface area contributed by atoms with E-state index in [1.165, 1.54) is 0 Å². The van der Waals surface area contributed by atoms with Crippen molar-refractivity contribution in [3.63, 3.8) is 0 Å². The smallest absolute Gasteiger partial charge is 0.321 e. The summed E-state index contributed by atoms with van der Waals surface area (Å²) in [7, 11) is 0. The molecule has 0 aliphatic carbocycles. The van der Waals surface area contributed by atoms with E-state index < -0.39 is 18.5 Å². The number of hydrogen-bond acceptors (Lipinski definition) is 6. The molecule has 1 heterocycles. The van der Waals surface area contributed by atoms with Gasteiger partial charge in [-0.25, -0.2) is 4.79 Å². The molecule has 0 bridgehead atoms. The zero-order chi connectivity index (χ0) is 23.8. The average Bonchev–Trinajstić information content (AvgIpc) is 2.87. The second-order valence-corrected chi connectivity index (χ2v) is 7.36. The van der Waals surface area contributed by atoms with E-state index in [0.29, 0.717) is 17.2 Å². The fourth-order valence-corrected chi connectivity index (χ4v) is 3.22. The molecule has 4 amide bonds. The van der Waals surface area contributed by atoms with Gasteiger partial charge in [0.1, 0.15) is 12.4 Å². The van der Waals surface area contributed by atoms with Crippen molar-refractivity contribution in [1.29, 1.82) is 0 Å². The van der Waals surface area contributed by atoms with Crippen LogP contribution in [0.3, 0.4) is 0 Å². The topological polar surface area (TPSA) is 115 Å². The van der Waals surface area contributed by atoms with Crippen LogP contribution < -0.4 is 30.2 Å². The first-order valence-electron chi connectivity index (χ1n) is 10.6. The van der Waals surface area contributed by atoms with Crippen molar-refractivity contribution in [2.75, 3.05) is 25.1 Å². The molecule has 1 aliphatic rings. The molecule has 0 saturated carbocycles. The number of carbonyl (C=O) groups is 3. The second-order valence-electron chi connectivity index (χ2n) is 7.36. The third-order valence-electron chi connectivity index (χ3n) is 4.83. The van der Waals surface area contributed by atoms with Gasteiger partial charge in [0.05, 0.1) is 12.1 Å². The standard InChI is InChI=1S/C25H23N3O6/c29-23(28-25(31)26-14-18-15-32-21-12-6-7-13-22(21)34-18)16-33-20-11-5-4-10-19(20)24(30)27-17-8-2-1-3-9-17/h1-13,18H,14-16H2,(H,27,30)(H2,26,28,29,31)/t18-/m1/s1.